The van der Waals surface area contributed by atoms with Crippen LogP contribution in [0.25, 0.3) is 10.9 Å². The number of pyridine rings is 1. The van der Waals surface area contributed by atoms with E-state index in [4.69, 9.17) is 0 Å². The average Bonchev–Trinajstić information content (AvgIpc) is 2.42. The first-order valence-corrected chi connectivity index (χ1v) is 6.83. The average molecular weight is 259 g/mol. The summed E-state index contributed by atoms with van der Waals surface area (Å²) in [4.78, 5) is 14.4. The Bertz CT molecular complexity index is 577. The van der Waals surface area contributed by atoms with Crippen molar-refractivity contribution in [2.45, 2.75) is 19.9 Å². The van der Waals surface area contributed by atoms with Crippen molar-refractivity contribution in [2.75, 3.05) is 19.6 Å². The summed E-state index contributed by atoms with van der Waals surface area (Å²) in [5, 5.41) is 7.79. The molecule has 19 heavy (non-hydrogen) atoms. The van der Waals surface area contributed by atoms with E-state index in [2.05, 4.69) is 22.5 Å². The van der Waals surface area contributed by atoms with Gasteiger partial charge < -0.3 is 15.6 Å². The maximum atomic E-state index is 11.6. The largest absolute Gasteiger partial charge is 0.322 e. The Labute approximate surface area is 113 Å². The second-order valence-electron chi connectivity index (χ2n) is 4.59. The zero-order chi connectivity index (χ0) is 13.5. The SMILES string of the molecule is CCNCCCNCc1cc(=O)[nH]c2ccccc12. The highest BCUT2D eigenvalue weighted by atomic mass is 16.1. The van der Waals surface area contributed by atoms with Crippen molar-refractivity contribution in [3.63, 3.8) is 0 Å². The molecule has 0 radical (unpaired) electrons. The van der Waals surface area contributed by atoms with Crippen LogP contribution >= 0.6 is 0 Å². The monoisotopic (exact) mass is 259 g/mol. The number of nitrogens with one attached hydrogen (secondary N) is 3. The minimum absolute atomic E-state index is 0.0388. The van der Waals surface area contributed by atoms with Crippen molar-refractivity contribution in [1.82, 2.24) is 15.6 Å². The third-order valence-electron chi connectivity index (χ3n) is 3.11. The fourth-order valence-electron chi connectivity index (χ4n) is 2.16. The first-order chi connectivity index (χ1) is 9.31. The molecule has 102 valence electrons. The summed E-state index contributed by atoms with van der Waals surface area (Å²) < 4.78 is 0. The fourth-order valence-corrected chi connectivity index (χ4v) is 2.16. The molecule has 1 aromatic heterocycles. The first-order valence-electron chi connectivity index (χ1n) is 6.83. The zero-order valence-electron chi connectivity index (χ0n) is 11.3. The van der Waals surface area contributed by atoms with E-state index in [0.717, 1.165) is 49.1 Å². The predicted molar refractivity (Wildman–Crippen MR) is 79.4 cm³/mol. The molecule has 0 amide bonds. The molecule has 4 nitrogen and oxygen atoms in total. The standard InChI is InChI=1S/C15H21N3O/c1-2-16-8-5-9-17-11-12-10-15(19)18-14-7-4-3-6-13(12)14/h3-4,6-7,10,16-17H,2,5,8-9,11H2,1H3,(H,18,19). The van der Waals surface area contributed by atoms with Gasteiger partial charge in [0.15, 0.2) is 0 Å². The quantitative estimate of drug-likeness (QED) is 0.662. The Balaban J connectivity index is 1.98. The molecule has 1 aromatic carbocycles. The van der Waals surface area contributed by atoms with Crippen molar-refractivity contribution < 1.29 is 0 Å². The molecule has 0 bridgehead atoms. The molecule has 0 spiro atoms. The Morgan fingerprint density at radius 3 is 2.79 bits per heavy atom. The van der Waals surface area contributed by atoms with E-state index in [-0.39, 0.29) is 5.56 Å². The third kappa shape index (κ3) is 3.91. The highest BCUT2D eigenvalue weighted by Crippen LogP contribution is 2.13. The summed E-state index contributed by atoms with van der Waals surface area (Å²) in [7, 11) is 0. The van der Waals surface area contributed by atoms with Gasteiger partial charge >= 0.3 is 0 Å². The lowest BCUT2D eigenvalue weighted by atomic mass is 10.1. The van der Waals surface area contributed by atoms with Crippen LogP contribution in [0.5, 0.6) is 0 Å². The van der Waals surface area contributed by atoms with Crippen LogP contribution in [0.4, 0.5) is 0 Å². The second kappa shape index (κ2) is 7.07. The molecule has 0 saturated carbocycles. The number of hydrogen-bond donors (Lipinski definition) is 3. The number of hydrogen-bond acceptors (Lipinski definition) is 3. The fraction of sp³-hybridized carbons (Fsp3) is 0.400. The molecule has 0 fully saturated rings. The van der Waals surface area contributed by atoms with Gasteiger partial charge in [0.25, 0.3) is 0 Å². The number of para-hydroxylation sites is 1. The highest BCUT2D eigenvalue weighted by Gasteiger charge is 2.02. The van der Waals surface area contributed by atoms with Crippen LogP contribution in [-0.2, 0) is 6.54 Å². The Hall–Kier alpha value is -1.65. The van der Waals surface area contributed by atoms with Gasteiger partial charge in [0.1, 0.15) is 0 Å². The number of aromatic nitrogens is 1. The van der Waals surface area contributed by atoms with E-state index in [1.165, 1.54) is 0 Å². The molecular formula is C15H21N3O. The summed E-state index contributed by atoms with van der Waals surface area (Å²) in [5.74, 6) is 0. The molecule has 1 heterocycles. The maximum absolute atomic E-state index is 11.6. The molecule has 0 aliphatic heterocycles. The van der Waals surface area contributed by atoms with Crippen LogP contribution < -0.4 is 16.2 Å². The van der Waals surface area contributed by atoms with Gasteiger partial charge in [-0.15, -0.1) is 0 Å². The Morgan fingerprint density at radius 2 is 1.95 bits per heavy atom. The van der Waals surface area contributed by atoms with Crippen LogP contribution in [0.3, 0.4) is 0 Å². The van der Waals surface area contributed by atoms with Crippen LogP contribution in [0, 0.1) is 0 Å². The van der Waals surface area contributed by atoms with Crippen molar-refractivity contribution in [3.8, 4) is 0 Å². The highest BCUT2D eigenvalue weighted by molar-refractivity contribution is 5.81. The lowest BCUT2D eigenvalue weighted by molar-refractivity contribution is 0.607. The molecule has 0 saturated heterocycles. The van der Waals surface area contributed by atoms with Gasteiger partial charge in [0, 0.05) is 23.5 Å². The van der Waals surface area contributed by atoms with Gasteiger partial charge in [-0.1, -0.05) is 25.1 Å². The summed E-state index contributed by atoms with van der Waals surface area (Å²) in [6.07, 6.45) is 1.09. The Kier molecular flexibility index (Phi) is 5.12. The second-order valence-corrected chi connectivity index (χ2v) is 4.59. The summed E-state index contributed by atoms with van der Waals surface area (Å²) in [6, 6.07) is 9.59. The summed E-state index contributed by atoms with van der Waals surface area (Å²) in [5.41, 5.74) is 1.92. The number of fused-ring (bicyclic) bond motifs is 1. The number of aromatic amines is 1. The predicted octanol–water partition coefficient (Wildman–Crippen LogP) is 1.62. The molecule has 3 N–H and O–H groups in total. The van der Waals surface area contributed by atoms with E-state index in [1.807, 2.05) is 24.3 Å². The molecular weight excluding hydrogens is 238 g/mol. The maximum Gasteiger partial charge on any atom is 0.248 e. The molecule has 2 aromatic rings. The number of benzene rings is 1. The van der Waals surface area contributed by atoms with Crippen LogP contribution in [0.15, 0.2) is 35.1 Å². The first kappa shape index (κ1) is 13.8. The van der Waals surface area contributed by atoms with E-state index in [1.54, 1.807) is 6.07 Å². The summed E-state index contributed by atoms with van der Waals surface area (Å²) >= 11 is 0. The molecule has 0 unspecified atom stereocenters. The lowest BCUT2D eigenvalue weighted by Gasteiger charge is -2.08. The van der Waals surface area contributed by atoms with Crippen LogP contribution in [0.2, 0.25) is 0 Å². The van der Waals surface area contributed by atoms with Crippen molar-refractivity contribution in [1.29, 1.82) is 0 Å². The number of H-pyrrole nitrogens is 1. The minimum atomic E-state index is -0.0388. The van der Waals surface area contributed by atoms with Gasteiger partial charge in [0.05, 0.1) is 0 Å². The Morgan fingerprint density at radius 1 is 1.16 bits per heavy atom. The van der Waals surface area contributed by atoms with E-state index in [9.17, 15) is 4.79 Å². The zero-order valence-corrected chi connectivity index (χ0v) is 11.3. The topological polar surface area (TPSA) is 56.9 Å². The smallest absolute Gasteiger partial charge is 0.248 e. The van der Waals surface area contributed by atoms with E-state index in [0.29, 0.717) is 0 Å². The van der Waals surface area contributed by atoms with E-state index >= 15 is 0 Å². The summed E-state index contributed by atoms with van der Waals surface area (Å²) in [6.45, 7) is 5.83. The van der Waals surface area contributed by atoms with Gasteiger partial charge in [-0.25, -0.2) is 0 Å². The molecule has 2 rings (SSSR count). The van der Waals surface area contributed by atoms with Crippen molar-refractivity contribution >= 4 is 10.9 Å². The van der Waals surface area contributed by atoms with Crippen LogP contribution in [-0.4, -0.2) is 24.6 Å². The number of rotatable bonds is 7. The van der Waals surface area contributed by atoms with E-state index < -0.39 is 0 Å². The van der Waals surface area contributed by atoms with Crippen LogP contribution in [0.1, 0.15) is 18.9 Å². The molecule has 0 atom stereocenters. The van der Waals surface area contributed by atoms with Gasteiger partial charge in [-0.3, -0.25) is 4.79 Å². The molecule has 4 heteroatoms. The van der Waals surface area contributed by atoms with Gasteiger partial charge in [-0.2, -0.15) is 0 Å². The van der Waals surface area contributed by atoms with Crippen molar-refractivity contribution in [3.05, 3.63) is 46.2 Å². The van der Waals surface area contributed by atoms with Gasteiger partial charge in [0.2, 0.25) is 5.56 Å². The lowest BCUT2D eigenvalue weighted by Crippen LogP contribution is -2.22. The minimum Gasteiger partial charge on any atom is -0.322 e. The van der Waals surface area contributed by atoms with Crippen molar-refractivity contribution in [2.24, 2.45) is 0 Å². The third-order valence-corrected chi connectivity index (χ3v) is 3.11. The normalized spacial score (nSPS) is 11.0. The van der Waals surface area contributed by atoms with Gasteiger partial charge in [-0.05, 0) is 37.7 Å². The molecule has 0 aliphatic rings. The molecule has 0 aliphatic carbocycles.